The quantitative estimate of drug-likeness (QED) is 0.792. The summed E-state index contributed by atoms with van der Waals surface area (Å²) >= 11 is 0. The highest BCUT2D eigenvalue weighted by atomic mass is 16.4. The molecule has 3 atom stereocenters. The van der Waals surface area contributed by atoms with Gasteiger partial charge in [0.15, 0.2) is 0 Å². The molecule has 0 saturated heterocycles. The highest BCUT2D eigenvalue weighted by Crippen LogP contribution is 2.49. The predicted molar refractivity (Wildman–Crippen MR) is 84.7 cm³/mol. The van der Waals surface area contributed by atoms with Gasteiger partial charge < -0.3 is 16.6 Å². The summed E-state index contributed by atoms with van der Waals surface area (Å²) in [5, 5.41) is 9.66. The standard InChI is InChI=1S/C16H23N3O3/c1-16(2,3)13-10(8-11(17)14(18)20)9-6-4-5-7-12(9)19(13)15(21)22/h4-7,10-11,13H,8,17H2,1-3H3,(H2,18,20)(H,21,22)/t10?,11-,13?/m0/s1. The number of primary amides is 1. The van der Waals surface area contributed by atoms with Crippen molar-refractivity contribution in [3.05, 3.63) is 29.8 Å². The molecule has 2 amide bonds. The number of hydrogen-bond acceptors (Lipinski definition) is 3. The minimum absolute atomic E-state index is 0.158. The number of carboxylic acid groups (broad SMARTS) is 1. The first-order valence-corrected chi connectivity index (χ1v) is 7.30. The third-order valence-electron chi connectivity index (χ3n) is 4.22. The molecule has 0 aromatic heterocycles. The lowest BCUT2D eigenvalue weighted by molar-refractivity contribution is -0.119. The number of nitrogens with two attached hydrogens (primary N) is 2. The molecule has 0 spiro atoms. The Morgan fingerprint density at radius 1 is 1.32 bits per heavy atom. The van der Waals surface area contributed by atoms with Crippen molar-refractivity contribution in [1.82, 2.24) is 0 Å². The number of carbonyl (C=O) groups is 2. The van der Waals surface area contributed by atoms with Crippen molar-refractivity contribution >= 4 is 17.7 Å². The van der Waals surface area contributed by atoms with Crippen LogP contribution in [0.2, 0.25) is 0 Å². The lowest BCUT2D eigenvalue weighted by Crippen LogP contribution is -2.48. The third kappa shape index (κ3) is 2.78. The molecular formula is C16H23N3O3. The second-order valence-electron chi connectivity index (χ2n) is 6.87. The fourth-order valence-corrected chi connectivity index (χ4v) is 3.38. The number of nitrogens with zero attached hydrogens (tertiary/aromatic N) is 1. The SMILES string of the molecule is CC(C)(C)C1C(C[C@H](N)C(N)=O)c2ccccc2N1C(=O)O. The summed E-state index contributed by atoms with van der Waals surface area (Å²) in [6.07, 6.45) is -0.666. The van der Waals surface area contributed by atoms with Crippen LogP contribution in [-0.4, -0.2) is 29.2 Å². The first-order chi connectivity index (χ1) is 10.1. The van der Waals surface area contributed by atoms with Gasteiger partial charge in [-0.1, -0.05) is 39.0 Å². The lowest BCUT2D eigenvalue weighted by atomic mass is 9.75. The molecule has 0 saturated carbocycles. The number of hydrogen-bond donors (Lipinski definition) is 3. The smallest absolute Gasteiger partial charge is 0.412 e. The molecule has 6 heteroatoms. The maximum absolute atomic E-state index is 11.8. The van der Waals surface area contributed by atoms with E-state index in [0.29, 0.717) is 12.1 Å². The molecule has 2 unspecified atom stereocenters. The molecule has 0 fully saturated rings. The van der Waals surface area contributed by atoms with Crippen LogP contribution in [0, 0.1) is 5.41 Å². The van der Waals surface area contributed by atoms with Crippen LogP contribution in [0.3, 0.4) is 0 Å². The Bertz CT molecular complexity index is 595. The van der Waals surface area contributed by atoms with E-state index in [9.17, 15) is 14.7 Å². The molecular weight excluding hydrogens is 282 g/mol. The van der Waals surface area contributed by atoms with Crippen LogP contribution < -0.4 is 16.4 Å². The van der Waals surface area contributed by atoms with E-state index in [1.165, 1.54) is 4.90 Å². The number of para-hydroxylation sites is 1. The number of fused-ring (bicyclic) bond motifs is 1. The van der Waals surface area contributed by atoms with Crippen molar-refractivity contribution in [1.29, 1.82) is 0 Å². The molecule has 1 heterocycles. The average Bonchev–Trinajstić information content (AvgIpc) is 2.73. The van der Waals surface area contributed by atoms with E-state index in [-0.39, 0.29) is 17.4 Å². The maximum Gasteiger partial charge on any atom is 0.412 e. The molecule has 22 heavy (non-hydrogen) atoms. The van der Waals surface area contributed by atoms with Gasteiger partial charge in [-0.2, -0.15) is 0 Å². The Kier molecular flexibility index (Phi) is 4.15. The van der Waals surface area contributed by atoms with E-state index in [1.54, 1.807) is 6.07 Å². The molecule has 2 rings (SSSR count). The minimum Gasteiger partial charge on any atom is -0.465 e. The van der Waals surface area contributed by atoms with Gasteiger partial charge in [0, 0.05) is 5.92 Å². The van der Waals surface area contributed by atoms with Gasteiger partial charge in [-0.15, -0.1) is 0 Å². The van der Waals surface area contributed by atoms with Crippen LogP contribution in [0.4, 0.5) is 10.5 Å². The number of carbonyl (C=O) groups excluding carboxylic acids is 1. The first-order valence-electron chi connectivity index (χ1n) is 7.30. The van der Waals surface area contributed by atoms with E-state index in [4.69, 9.17) is 11.5 Å². The molecule has 5 N–H and O–H groups in total. The van der Waals surface area contributed by atoms with Crippen LogP contribution in [0.15, 0.2) is 24.3 Å². The molecule has 120 valence electrons. The second-order valence-corrected chi connectivity index (χ2v) is 6.87. The summed E-state index contributed by atoms with van der Waals surface area (Å²) in [5.74, 6) is -0.728. The van der Waals surface area contributed by atoms with Crippen molar-refractivity contribution < 1.29 is 14.7 Å². The van der Waals surface area contributed by atoms with Gasteiger partial charge in [-0.3, -0.25) is 9.69 Å². The van der Waals surface area contributed by atoms with Gasteiger partial charge in [0.25, 0.3) is 0 Å². The zero-order chi connectivity index (χ0) is 16.7. The summed E-state index contributed by atoms with van der Waals surface area (Å²) in [6.45, 7) is 5.97. The van der Waals surface area contributed by atoms with Gasteiger partial charge in [0.1, 0.15) is 0 Å². The van der Waals surface area contributed by atoms with Gasteiger partial charge in [-0.25, -0.2) is 4.79 Å². The fourth-order valence-electron chi connectivity index (χ4n) is 3.38. The van der Waals surface area contributed by atoms with Crippen LogP contribution in [0.25, 0.3) is 0 Å². The molecule has 0 aliphatic carbocycles. The number of rotatable bonds is 3. The Morgan fingerprint density at radius 3 is 2.41 bits per heavy atom. The van der Waals surface area contributed by atoms with Gasteiger partial charge >= 0.3 is 6.09 Å². The molecule has 1 aliphatic heterocycles. The molecule has 6 nitrogen and oxygen atoms in total. The van der Waals surface area contributed by atoms with Crippen LogP contribution in [0.1, 0.15) is 38.7 Å². The molecule has 1 aliphatic rings. The summed E-state index contributed by atoms with van der Waals surface area (Å²) in [7, 11) is 0. The number of benzene rings is 1. The van der Waals surface area contributed by atoms with Gasteiger partial charge in [0.05, 0.1) is 17.8 Å². The van der Waals surface area contributed by atoms with Crippen molar-refractivity contribution in [2.45, 2.75) is 45.2 Å². The van der Waals surface area contributed by atoms with E-state index in [2.05, 4.69) is 0 Å². The van der Waals surface area contributed by atoms with E-state index in [1.807, 2.05) is 39.0 Å². The minimum atomic E-state index is -0.998. The van der Waals surface area contributed by atoms with E-state index >= 15 is 0 Å². The van der Waals surface area contributed by atoms with Crippen LogP contribution in [-0.2, 0) is 4.79 Å². The molecule has 0 radical (unpaired) electrons. The number of anilines is 1. The lowest BCUT2D eigenvalue weighted by Gasteiger charge is -2.37. The highest BCUT2D eigenvalue weighted by Gasteiger charge is 2.47. The summed E-state index contributed by atoms with van der Waals surface area (Å²) in [4.78, 5) is 24.5. The third-order valence-corrected chi connectivity index (χ3v) is 4.22. The van der Waals surface area contributed by atoms with Crippen LogP contribution >= 0.6 is 0 Å². The maximum atomic E-state index is 11.8. The fraction of sp³-hybridized carbons (Fsp3) is 0.500. The Balaban J connectivity index is 2.52. The Morgan fingerprint density at radius 2 is 1.91 bits per heavy atom. The first kappa shape index (κ1) is 16.3. The molecule has 0 bridgehead atoms. The second kappa shape index (κ2) is 5.61. The molecule has 1 aromatic carbocycles. The predicted octanol–water partition coefficient (Wildman–Crippen LogP) is 1.89. The van der Waals surface area contributed by atoms with E-state index < -0.39 is 18.0 Å². The van der Waals surface area contributed by atoms with E-state index in [0.717, 1.165) is 5.56 Å². The van der Waals surface area contributed by atoms with Crippen LogP contribution in [0.5, 0.6) is 0 Å². The Labute approximate surface area is 130 Å². The van der Waals surface area contributed by atoms with Crippen molar-refractivity contribution in [3.63, 3.8) is 0 Å². The molecule has 1 aromatic rings. The van der Waals surface area contributed by atoms with Crippen molar-refractivity contribution in [2.24, 2.45) is 16.9 Å². The summed E-state index contributed by atoms with van der Waals surface area (Å²) in [6, 6.07) is 6.27. The zero-order valence-corrected chi connectivity index (χ0v) is 13.1. The topological polar surface area (TPSA) is 110 Å². The summed E-state index contributed by atoms with van der Waals surface area (Å²) in [5.41, 5.74) is 12.4. The monoisotopic (exact) mass is 305 g/mol. The highest BCUT2D eigenvalue weighted by molar-refractivity contribution is 5.91. The van der Waals surface area contributed by atoms with Gasteiger partial charge in [-0.05, 0) is 23.5 Å². The van der Waals surface area contributed by atoms with Crippen molar-refractivity contribution in [3.8, 4) is 0 Å². The normalized spacial score (nSPS) is 22.3. The largest absolute Gasteiger partial charge is 0.465 e. The number of amides is 2. The Hall–Kier alpha value is -2.08. The summed E-state index contributed by atoms with van der Waals surface area (Å²) < 4.78 is 0. The zero-order valence-electron chi connectivity index (χ0n) is 13.1. The average molecular weight is 305 g/mol. The van der Waals surface area contributed by atoms with Crippen molar-refractivity contribution in [2.75, 3.05) is 4.90 Å². The van der Waals surface area contributed by atoms with Gasteiger partial charge in [0.2, 0.25) is 5.91 Å².